The molecule has 0 radical (unpaired) electrons. The summed E-state index contributed by atoms with van der Waals surface area (Å²) in [5.41, 5.74) is 7.33. The third-order valence-corrected chi connectivity index (χ3v) is 5.80. The fourth-order valence-electron chi connectivity index (χ4n) is 3.77. The van der Waals surface area contributed by atoms with Gasteiger partial charge in [0, 0.05) is 12.0 Å². The van der Waals surface area contributed by atoms with Crippen LogP contribution in [0.5, 0.6) is 11.5 Å². The van der Waals surface area contributed by atoms with Gasteiger partial charge >= 0.3 is 14.2 Å². The van der Waals surface area contributed by atoms with Crippen LogP contribution >= 0.6 is 7.82 Å². The van der Waals surface area contributed by atoms with E-state index in [1.165, 1.54) is 12.1 Å². The number of nitrogens with two attached hydrogens (primary N) is 1. The van der Waals surface area contributed by atoms with Crippen molar-refractivity contribution < 1.29 is 41.5 Å². The average Bonchev–Trinajstić information content (AvgIpc) is 3.10. The second kappa shape index (κ2) is 9.80. The second-order valence-corrected chi connectivity index (χ2v) is 9.16. The summed E-state index contributed by atoms with van der Waals surface area (Å²) in [5, 5.41) is 0. The van der Waals surface area contributed by atoms with Gasteiger partial charge in [-0.05, 0) is 60.6 Å². The van der Waals surface area contributed by atoms with Crippen LogP contribution in [0.15, 0.2) is 48.5 Å². The lowest BCUT2D eigenvalue weighted by Gasteiger charge is -2.24. The molecular weight excluding hydrogens is 450 g/mol. The van der Waals surface area contributed by atoms with E-state index in [0.29, 0.717) is 31.6 Å². The van der Waals surface area contributed by atoms with Crippen molar-refractivity contribution in [2.75, 3.05) is 13.2 Å². The van der Waals surface area contributed by atoms with E-state index in [4.69, 9.17) is 20.3 Å². The molecule has 0 aliphatic heterocycles. The van der Waals surface area contributed by atoms with E-state index >= 15 is 0 Å². The lowest BCUT2D eigenvalue weighted by atomic mass is 9.94. The number of benzene rings is 2. The van der Waals surface area contributed by atoms with Gasteiger partial charge in [0.15, 0.2) is 0 Å². The van der Waals surface area contributed by atoms with Gasteiger partial charge in [-0.2, -0.15) is 0 Å². The Hall–Kier alpha value is -2.10. The molecule has 3 rings (SSSR count). The van der Waals surface area contributed by atoms with Gasteiger partial charge in [0.2, 0.25) is 0 Å². The van der Waals surface area contributed by atoms with E-state index in [9.17, 15) is 17.7 Å². The fraction of sp³-hybridized carbons (Fsp3) is 0.429. The Kier molecular flexibility index (Phi) is 7.52. The first-order valence-electron chi connectivity index (χ1n) is 9.97. The van der Waals surface area contributed by atoms with Crippen molar-refractivity contribution in [1.29, 1.82) is 0 Å². The van der Waals surface area contributed by atoms with Gasteiger partial charge in [-0.3, -0.25) is 4.52 Å². The minimum atomic E-state index is -4.71. The van der Waals surface area contributed by atoms with Gasteiger partial charge in [0.1, 0.15) is 11.5 Å². The van der Waals surface area contributed by atoms with E-state index < -0.39 is 19.7 Å². The highest BCUT2D eigenvalue weighted by Crippen LogP contribution is 2.43. The molecule has 0 bridgehead atoms. The minimum Gasteiger partial charge on any atom is -0.493 e. The summed E-state index contributed by atoms with van der Waals surface area (Å²) in [6.45, 7) is 0.159. The standard InChI is InChI=1S/C21H25F3NO6P/c22-21(23,24)31-19-5-1-15(2-6-19)10-12-29-18-7-3-16(4-8-18)17-9-11-20(25,13-17)14-30-32(26,27)28/h1-8,17H,9-14,25H2,(H2,26,27,28)/t17-,20+/m1/s1. The zero-order valence-electron chi connectivity index (χ0n) is 17.1. The monoisotopic (exact) mass is 475 g/mol. The molecule has 0 heterocycles. The van der Waals surface area contributed by atoms with Crippen molar-refractivity contribution in [3.8, 4) is 11.5 Å². The molecule has 1 saturated carbocycles. The number of ether oxygens (including phenoxy) is 2. The molecule has 2 aromatic carbocycles. The first kappa shape index (κ1) is 24.5. The van der Waals surface area contributed by atoms with Crippen LogP contribution < -0.4 is 15.2 Å². The van der Waals surface area contributed by atoms with Crippen LogP contribution in [0.25, 0.3) is 0 Å². The highest BCUT2D eigenvalue weighted by molar-refractivity contribution is 7.46. The number of rotatable bonds is 9. The van der Waals surface area contributed by atoms with Gasteiger partial charge < -0.3 is 25.0 Å². The number of hydrogen-bond acceptors (Lipinski definition) is 5. The Balaban J connectivity index is 1.46. The van der Waals surface area contributed by atoms with Crippen molar-refractivity contribution in [1.82, 2.24) is 0 Å². The molecule has 0 unspecified atom stereocenters. The van der Waals surface area contributed by atoms with E-state index in [-0.39, 0.29) is 18.3 Å². The third-order valence-electron chi connectivity index (χ3n) is 5.33. The number of phosphoric ester groups is 1. The molecule has 0 spiro atoms. The lowest BCUT2D eigenvalue weighted by molar-refractivity contribution is -0.274. The van der Waals surface area contributed by atoms with Gasteiger partial charge in [-0.15, -0.1) is 13.2 Å². The molecule has 0 aromatic heterocycles. The summed E-state index contributed by atoms with van der Waals surface area (Å²) >= 11 is 0. The van der Waals surface area contributed by atoms with Gasteiger partial charge in [0.25, 0.3) is 0 Å². The minimum absolute atomic E-state index is 0.159. The SMILES string of the molecule is N[C@@]1(COP(=O)(O)O)CC[C@@H](c2ccc(OCCc3ccc(OC(F)(F)F)cc3)cc2)C1. The van der Waals surface area contributed by atoms with Gasteiger partial charge in [-0.25, -0.2) is 4.57 Å². The molecule has 11 heteroatoms. The Labute approximate surface area is 183 Å². The molecule has 0 amide bonds. The average molecular weight is 475 g/mol. The molecule has 1 fully saturated rings. The Bertz CT molecular complexity index is 932. The van der Waals surface area contributed by atoms with Crippen LogP contribution in [0.4, 0.5) is 13.2 Å². The summed E-state index contributed by atoms with van der Waals surface area (Å²) < 4.78 is 61.6. The van der Waals surface area contributed by atoms with Crippen LogP contribution in [-0.4, -0.2) is 34.9 Å². The molecule has 176 valence electrons. The van der Waals surface area contributed by atoms with Crippen molar-refractivity contribution in [3.05, 3.63) is 59.7 Å². The normalized spacial score (nSPS) is 21.5. The predicted octanol–water partition coefficient (Wildman–Crippen LogP) is 4.28. The molecule has 1 aliphatic carbocycles. The Morgan fingerprint density at radius 2 is 1.69 bits per heavy atom. The van der Waals surface area contributed by atoms with Crippen molar-refractivity contribution >= 4 is 7.82 Å². The maximum Gasteiger partial charge on any atom is 0.573 e. The summed E-state index contributed by atoms with van der Waals surface area (Å²) in [5.74, 6) is 0.555. The largest absolute Gasteiger partial charge is 0.573 e. The predicted molar refractivity (Wildman–Crippen MR) is 110 cm³/mol. The van der Waals surface area contributed by atoms with Crippen LogP contribution in [0.1, 0.15) is 36.3 Å². The summed E-state index contributed by atoms with van der Waals surface area (Å²) in [6, 6.07) is 13.2. The van der Waals surface area contributed by atoms with E-state index in [0.717, 1.165) is 17.5 Å². The third kappa shape index (κ3) is 7.79. The fourth-order valence-corrected chi connectivity index (χ4v) is 4.19. The van der Waals surface area contributed by atoms with Gasteiger partial charge in [0.05, 0.1) is 13.2 Å². The van der Waals surface area contributed by atoms with E-state index in [1.807, 2.05) is 24.3 Å². The lowest BCUT2D eigenvalue weighted by Crippen LogP contribution is -2.41. The first-order chi connectivity index (χ1) is 14.9. The maximum atomic E-state index is 12.2. The van der Waals surface area contributed by atoms with Crippen LogP contribution in [0.2, 0.25) is 0 Å². The van der Waals surface area contributed by atoms with Gasteiger partial charge in [-0.1, -0.05) is 24.3 Å². The Morgan fingerprint density at radius 1 is 1.06 bits per heavy atom. The molecule has 32 heavy (non-hydrogen) atoms. The molecule has 2 atom stereocenters. The first-order valence-corrected chi connectivity index (χ1v) is 11.5. The maximum absolute atomic E-state index is 12.2. The van der Waals surface area contributed by atoms with E-state index in [1.54, 1.807) is 12.1 Å². The van der Waals surface area contributed by atoms with E-state index in [2.05, 4.69) is 9.26 Å². The summed E-state index contributed by atoms with van der Waals surface area (Å²) in [7, 11) is -4.55. The van der Waals surface area contributed by atoms with Crippen LogP contribution in [0, 0.1) is 0 Å². The Morgan fingerprint density at radius 3 is 2.28 bits per heavy atom. The van der Waals surface area contributed by atoms with Crippen LogP contribution in [-0.2, 0) is 15.5 Å². The second-order valence-electron chi connectivity index (χ2n) is 7.93. The zero-order chi connectivity index (χ0) is 23.4. The topological polar surface area (TPSA) is 111 Å². The highest BCUT2D eigenvalue weighted by Gasteiger charge is 2.38. The van der Waals surface area contributed by atoms with Crippen molar-refractivity contribution in [2.45, 2.75) is 43.5 Å². The smallest absolute Gasteiger partial charge is 0.493 e. The molecule has 7 nitrogen and oxygen atoms in total. The zero-order valence-corrected chi connectivity index (χ0v) is 18.0. The quantitative estimate of drug-likeness (QED) is 0.464. The molecule has 4 N–H and O–H groups in total. The molecule has 1 aliphatic rings. The number of phosphoric acid groups is 1. The molecule has 0 saturated heterocycles. The summed E-state index contributed by atoms with van der Waals surface area (Å²) in [6.07, 6.45) is -2.25. The number of hydrogen-bond donors (Lipinski definition) is 3. The summed E-state index contributed by atoms with van der Waals surface area (Å²) in [4.78, 5) is 17.8. The molecule has 2 aromatic rings. The number of halogens is 3. The molecular formula is C21H25F3NO6P. The van der Waals surface area contributed by atoms with Crippen molar-refractivity contribution in [2.24, 2.45) is 5.73 Å². The number of alkyl halides is 3. The van der Waals surface area contributed by atoms with Crippen molar-refractivity contribution in [3.63, 3.8) is 0 Å². The highest BCUT2D eigenvalue weighted by atomic mass is 31.2. The van der Waals surface area contributed by atoms with Crippen LogP contribution in [0.3, 0.4) is 0 Å².